The maximum Gasteiger partial charge on any atom is 0.332 e. The molecule has 0 saturated carbocycles. The molecule has 0 radical (unpaired) electrons. The molecule has 0 aromatic carbocycles. The van der Waals surface area contributed by atoms with Crippen LogP contribution in [-0.4, -0.2) is 54.0 Å². The van der Waals surface area contributed by atoms with Crippen LogP contribution in [0.5, 0.6) is 0 Å². The maximum atomic E-state index is 12.5. The Hall–Kier alpha value is -2.08. The summed E-state index contributed by atoms with van der Waals surface area (Å²) in [5, 5.41) is 0. The molecule has 1 fully saturated rings. The van der Waals surface area contributed by atoms with Crippen LogP contribution in [0, 0.1) is 6.92 Å². The van der Waals surface area contributed by atoms with Gasteiger partial charge < -0.3 is 14.1 Å². The lowest BCUT2D eigenvalue weighted by atomic mass is 10.2. The number of aryl methyl sites for hydroxylation is 1. The molecule has 0 spiro atoms. The predicted molar refractivity (Wildman–Crippen MR) is 74.3 cm³/mol. The molecule has 0 aliphatic carbocycles. The fraction of sp³-hybridized carbons (Fsp3) is 0.467. The molecule has 21 heavy (non-hydrogen) atoms. The third-order valence-corrected chi connectivity index (χ3v) is 3.84. The van der Waals surface area contributed by atoms with E-state index < -0.39 is 12.0 Å². The third kappa shape index (κ3) is 2.71. The van der Waals surface area contributed by atoms with Gasteiger partial charge in [-0.2, -0.15) is 0 Å². The second-order valence-corrected chi connectivity index (χ2v) is 5.34. The summed E-state index contributed by atoms with van der Waals surface area (Å²) in [5.74, 6) is 1.29. The Balaban J connectivity index is 1.59. The Morgan fingerprint density at radius 3 is 2.90 bits per heavy atom. The molecule has 3 rings (SSSR count). The summed E-state index contributed by atoms with van der Waals surface area (Å²) in [6, 6.07) is 3.08. The first kappa shape index (κ1) is 13.9. The van der Waals surface area contributed by atoms with Crippen LogP contribution in [0.25, 0.3) is 0 Å². The first-order valence-electron chi connectivity index (χ1n) is 6.94. The standard InChI is InChI=1S/C15H18N2O4/c1-10-5-6-11(21-10)8-16-9-13(16)14(18)17-7-3-4-12(17)15(19)20-2/h3-6,12-13H,7-9H2,1-2H3. The Labute approximate surface area is 122 Å². The molecule has 3 atom stereocenters. The zero-order valence-electron chi connectivity index (χ0n) is 12.1. The number of amides is 1. The van der Waals surface area contributed by atoms with E-state index in [1.807, 2.05) is 30.0 Å². The van der Waals surface area contributed by atoms with Crippen molar-refractivity contribution in [1.29, 1.82) is 0 Å². The van der Waals surface area contributed by atoms with Gasteiger partial charge in [-0.1, -0.05) is 12.2 Å². The molecule has 1 amide bonds. The molecule has 3 heterocycles. The molecule has 2 aliphatic rings. The highest BCUT2D eigenvalue weighted by Gasteiger charge is 2.45. The number of hydrogen-bond donors (Lipinski definition) is 0. The van der Waals surface area contributed by atoms with Crippen molar-refractivity contribution in [2.24, 2.45) is 0 Å². The predicted octanol–water partition coefficient (Wildman–Crippen LogP) is 0.712. The minimum Gasteiger partial charge on any atom is -0.467 e. The third-order valence-electron chi connectivity index (χ3n) is 3.84. The SMILES string of the molecule is COC(=O)C1C=CCN1C(=O)C1CN1Cc1ccc(C)o1. The molecular weight excluding hydrogens is 272 g/mol. The van der Waals surface area contributed by atoms with E-state index in [1.54, 1.807) is 11.0 Å². The number of nitrogens with zero attached hydrogens (tertiary/aromatic N) is 2. The molecule has 0 N–H and O–H groups in total. The molecular formula is C15H18N2O4. The van der Waals surface area contributed by atoms with Gasteiger partial charge in [0, 0.05) is 13.1 Å². The van der Waals surface area contributed by atoms with Crippen LogP contribution in [0.3, 0.4) is 0 Å². The summed E-state index contributed by atoms with van der Waals surface area (Å²) in [6.07, 6.45) is 3.54. The smallest absolute Gasteiger partial charge is 0.332 e. The van der Waals surface area contributed by atoms with Gasteiger partial charge in [0.1, 0.15) is 23.6 Å². The van der Waals surface area contributed by atoms with Crippen LogP contribution in [0.4, 0.5) is 0 Å². The second-order valence-electron chi connectivity index (χ2n) is 5.34. The lowest BCUT2D eigenvalue weighted by Crippen LogP contribution is -2.44. The largest absolute Gasteiger partial charge is 0.467 e. The highest BCUT2D eigenvalue weighted by Crippen LogP contribution is 2.26. The average Bonchev–Trinajstić information content (AvgIpc) is 2.87. The molecule has 3 unspecified atom stereocenters. The van der Waals surface area contributed by atoms with Gasteiger partial charge >= 0.3 is 5.97 Å². The molecule has 6 nitrogen and oxygen atoms in total. The van der Waals surface area contributed by atoms with Crippen LogP contribution in [-0.2, 0) is 20.9 Å². The minimum atomic E-state index is -0.587. The van der Waals surface area contributed by atoms with Crippen molar-refractivity contribution in [2.45, 2.75) is 25.6 Å². The lowest BCUT2D eigenvalue weighted by Gasteiger charge is -2.22. The van der Waals surface area contributed by atoms with Crippen molar-refractivity contribution in [3.8, 4) is 0 Å². The van der Waals surface area contributed by atoms with E-state index in [9.17, 15) is 9.59 Å². The summed E-state index contributed by atoms with van der Waals surface area (Å²) in [5.41, 5.74) is 0. The van der Waals surface area contributed by atoms with Gasteiger partial charge in [-0.25, -0.2) is 4.79 Å². The van der Waals surface area contributed by atoms with E-state index in [4.69, 9.17) is 9.15 Å². The minimum absolute atomic E-state index is 0.0290. The van der Waals surface area contributed by atoms with Gasteiger partial charge in [-0.3, -0.25) is 9.69 Å². The van der Waals surface area contributed by atoms with E-state index in [1.165, 1.54) is 7.11 Å². The summed E-state index contributed by atoms with van der Waals surface area (Å²) >= 11 is 0. The zero-order chi connectivity index (χ0) is 15.0. The van der Waals surface area contributed by atoms with Crippen molar-refractivity contribution >= 4 is 11.9 Å². The molecule has 112 valence electrons. The first-order valence-corrected chi connectivity index (χ1v) is 6.94. The first-order chi connectivity index (χ1) is 10.1. The van der Waals surface area contributed by atoms with E-state index in [2.05, 4.69) is 0 Å². The quantitative estimate of drug-likeness (QED) is 0.464. The van der Waals surface area contributed by atoms with Gasteiger partial charge in [0.05, 0.1) is 13.7 Å². The number of carbonyl (C=O) groups excluding carboxylic acids is 2. The van der Waals surface area contributed by atoms with Crippen molar-refractivity contribution in [3.63, 3.8) is 0 Å². The fourth-order valence-electron chi connectivity index (χ4n) is 2.62. The number of hydrogen-bond acceptors (Lipinski definition) is 5. The lowest BCUT2D eigenvalue weighted by molar-refractivity contribution is -0.149. The fourth-order valence-corrected chi connectivity index (χ4v) is 2.62. The Morgan fingerprint density at radius 2 is 2.24 bits per heavy atom. The highest BCUT2D eigenvalue weighted by molar-refractivity contribution is 5.91. The number of rotatable bonds is 4. The normalized spacial score (nSPS) is 27.0. The Kier molecular flexibility index (Phi) is 3.55. The molecule has 1 aromatic heterocycles. The number of esters is 1. The van der Waals surface area contributed by atoms with Crippen molar-refractivity contribution in [3.05, 3.63) is 35.8 Å². The number of furan rings is 1. The van der Waals surface area contributed by atoms with Crippen LogP contribution in [0.15, 0.2) is 28.7 Å². The molecule has 1 saturated heterocycles. The van der Waals surface area contributed by atoms with E-state index in [0.717, 1.165) is 11.5 Å². The van der Waals surface area contributed by atoms with Gasteiger partial charge in [0.15, 0.2) is 0 Å². The van der Waals surface area contributed by atoms with Crippen molar-refractivity contribution < 1.29 is 18.7 Å². The van der Waals surface area contributed by atoms with Gasteiger partial charge in [0.2, 0.25) is 5.91 Å². The number of methoxy groups -OCH3 is 1. The Bertz CT molecular complexity index is 592. The summed E-state index contributed by atoms with van der Waals surface area (Å²) in [4.78, 5) is 27.7. The maximum absolute atomic E-state index is 12.5. The van der Waals surface area contributed by atoms with Gasteiger partial charge in [-0.15, -0.1) is 0 Å². The van der Waals surface area contributed by atoms with Crippen LogP contribution in [0.1, 0.15) is 11.5 Å². The monoisotopic (exact) mass is 290 g/mol. The van der Waals surface area contributed by atoms with E-state index >= 15 is 0 Å². The number of ether oxygens (including phenoxy) is 1. The Morgan fingerprint density at radius 1 is 1.43 bits per heavy atom. The average molecular weight is 290 g/mol. The second kappa shape index (κ2) is 5.37. The summed E-state index contributed by atoms with van der Waals surface area (Å²) < 4.78 is 10.2. The zero-order valence-corrected chi connectivity index (χ0v) is 12.1. The van der Waals surface area contributed by atoms with Crippen molar-refractivity contribution in [1.82, 2.24) is 9.80 Å². The number of carbonyl (C=O) groups is 2. The van der Waals surface area contributed by atoms with Crippen LogP contribution >= 0.6 is 0 Å². The van der Waals surface area contributed by atoms with E-state index in [-0.39, 0.29) is 11.9 Å². The molecule has 6 heteroatoms. The van der Waals surface area contributed by atoms with Gasteiger partial charge in [0.25, 0.3) is 0 Å². The van der Waals surface area contributed by atoms with Gasteiger partial charge in [-0.05, 0) is 19.1 Å². The highest BCUT2D eigenvalue weighted by atomic mass is 16.5. The van der Waals surface area contributed by atoms with Crippen LogP contribution in [0.2, 0.25) is 0 Å². The van der Waals surface area contributed by atoms with E-state index in [0.29, 0.717) is 19.6 Å². The topological polar surface area (TPSA) is 62.8 Å². The van der Waals surface area contributed by atoms with Crippen LogP contribution < -0.4 is 0 Å². The summed E-state index contributed by atoms with van der Waals surface area (Å²) in [6.45, 7) is 3.67. The molecule has 1 aromatic rings. The summed E-state index contributed by atoms with van der Waals surface area (Å²) in [7, 11) is 1.33. The molecule has 0 bridgehead atoms. The van der Waals surface area contributed by atoms with Crippen molar-refractivity contribution in [2.75, 3.05) is 20.2 Å². The molecule has 2 aliphatic heterocycles.